The first kappa shape index (κ1) is 13.7. The Kier molecular flexibility index (Phi) is 4.25. The molecule has 0 radical (unpaired) electrons. The van der Waals surface area contributed by atoms with Gasteiger partial charge >= 0.3 is 7.12 Å². The van der Waals surface area contributed by atoms with Crippen LogP contribution in [0, 0.1) is 13.8 Å². The molecule has 0 aliphatic carbocycles. The summed E-state index contributed by atoms with van der Waals surface area (Å²) in [6.45, 7) is 4.26. The summed E-state index contributed by atoms with van der Waals surface area (Å²) in [6.07, 6.45) is 0. The van der Waals surface area contributed by atoms with Crippen molar-refractivity contribution in [3.63, 3.8) is 0 Å². The van der Waals surface area contributed by atoms with Crippen molar-refractivity contribution < 1.29 is 14.8 Å². The van der Waals surface area contributed by atoms with Gasteiger partial charge in [-0.15, -0.1) is 0 Å². The monoisotopic (exact) mass is 256 g/mol. The molecule has 0 saturated carbocycles. The summed E-state index contributed by atoms with van der Waals surface area (Å²) < 4.78 is 5.75. The molecule has 0 heterocycles. The lowest BCUT2D eigenvalue weighted by molar-refractivity contribution is 0.304. The predicted octanol–water partition coefficient (Wildman–Crippen LogP) is 1.56. The van der Waals surface area contributed by atoms with Crippen LogP contribution in [-0.2, 0) is 6.61 Å². The molecule has 0 fully saturated rings. The quantitative estimate of drug-likeness (QED) is 0.816. The van der Waals surface area contributed by atoms with Gasteiger partial charge in [0.25, 0.3) is 0 Å². The van der Waals surface area contributed by atoms with Crippen LogP contribution in [0.5, 0.6) is 5.75 Å². The second-order valence-corrected chi connectivity index (χ2v) is 4.62. The van der Waals surface area contributed by atoms with Gasteiger partial charge in [0.05, 0.1) is 0 Å². The van der Waals surface area contributed by atoms with Gasteiger partial charge in [0.1, 0.15) is 12.4 Å². The first-order valence-corrected chi connectivity index (χ1v) is 6.22. The predicted molar refractivity (Wildman–Crippen MR) is 76.5 cm³/mol. The number of ether oxygens (including phenoxy) is 1. The average molecular weight is 256 g/mol. The molecule has 0 unspecified atom stereocenters. The molecular formula is C15H17BO3. The fraction of sp³-hybridized carbons (Fsp3) is 0.200. The standard InChI is InChI=1S/C15H17BO3/c1-11-8-12(2)15(9-14(11)16(17)18)19-10-13-6-4-3-5-7-13/h3-9,17-18H,10H2,1-2H3. The molecule has 4 heteroatoms. The van der Waals surface area contributed by atoms with E-state index in [9.17, 15) is 10.0 Å². The van der Waals surface area contributed by atoms with Gasteiger partial charge in [-0.3, -0.25) is 0 Å². The fourth-order valence-corrected chi connectivity index (χ4v) is 2.02. The highest BCUT2D eigenvalue weighted by molar-refractivity contribution is 6.59. The normalized spacial score (nSPS) is 10.3. The van der Waals surface area contributed by atoms with Crippen LogP contribution in [0.2, 0.25) is 0 Å². The highest BCUT2D eigenvalue weighted by Gasteiger charge is 2.16. The molecule has 0 amide bonds. The Morgan fingerprint density at radius 2 is 1.68 bits per heavy atom. The molecule has 19 heavy (non-hydrogen) atoms. The summed E-state index contributed by atoms with van der Waals surface area (Å²) in [5.41, 5.74) is 3.39. The van der Waals surface area contributed by atoms with Crippen LogP contribution in [-0.4, -0.2) is 17.2 Å². The second kappa shape index (κ2) is 5.91. The van der Waals surface area contributed by atoms with E-state index in [-0.39, 0.29) is 0 Å². The van der Waals surface area contributed by atoms with Crippen LogP contribution >= 0.6 is 0 Å². The highest BCUT2D eigenvalue weighted by atomic mass is 16.5. The Morgan fingerprint density at radius 1 is 1.00 bits per heavy atom. The van der Waals surface area contributed by atoms with E-state index in [0.717, 1.165) is 16.7 Å². The molecule has 0 saturated heterocycles. The van der Waals surface area contributed by atoms with Gasteiger partial charge in [0, 0.05) is 0 Å². The molecule has 2 aromatic rings. The molecule has 0 aliphatic heterocycles. The zero-order valence-corrected chi connectivity index (χ0v) is 11.1. The molecule has 98 valence electrons. The minimum Gasteiger partial charge on any atom is -0.489 e. The van der Waals surface area contributed by atoms with Gasteiger partial charge in [-0.05, 0) is 36.5 Å². The van der Waals surface area contributed by atoms with Crippen molar-refractivity contribution in [2.24, 2.45) is 0 Å². The Hall–Kier alpha value is -1.78. The lowest BCUT2D eigenvalue weighted by atomic mass is 9.76. The first-order valence-electron chi connectivity index (χ1n) is 6.22. The fourth-order valence-electron chi connectivity index (χ4n) is 2.02. The number of rotatable bonds is 4. The van der Waals surface area contributed by atoms with Gasteiger partial charge in [-0.2, -0.15) is 0 Å². The van der Waals surface area contributed by atoms with E-state index in [1.165, 1.54) is 0 Å². The van der Waals surface area contributed by atoms with E-state index in [1.807, 2.05) is 50.2 Å². The number of benzene rings is 2. The van der Waals surface area contributed by atoms with E-state index >= 15 is 0 Å². The second-order valence-electron chi connectivity index (χ2n) is 4.62. The van der Waals surface area contributed by atoms with E-state index in [2.05, 4.69) is 0 Å². The Bertz CT molecular complexity index is 553. The molecule has 2 rings (SSSR count). The van der Waals surface area contributed by atoms with Crippen molar-refractivity contribution in [2.75, 3.05) is 0 Å². The summed E-state index contributed by atoms with van der Waals surface area (Å²) >= 11 is 0. The van der Waals surface area contributed by atoms with E-state index < -0.39 is 7.12 Å². The van der Waals surface area contributed by atoms with Crippen molar-refractivity contribution in [3.8, 4) is 5.75 Å². The zero-order chi connectivity index (χ0) is 13.8. The molecule has 0 bridgehead atoms. The van der Waals surface area contributed by atoms with Crippen molar-refractivity contribution in [3.05, 3.63) is 59.2 Å². The Balaban J connectivity index is 2.18. The van der Waals surface area contributed by atoms with Crippen LogP contribution in [0.15, 0.2) is 42.5 Å². The number of hydrogen-bond acceptors (Lipinski definition) is 3. The average Bonchev–Trinajstić information content (AvgIpc) is 2.38. The SMILES string of the molecule is Cc1cc(C)c(B(O)O)cc1OCc1ccccc1. The van der Waals surface area contributed by atoms with Gasteiger partial charge in [0.15, 0.2) is 0 Å². The van der Waals surface area contributed by atoms with E-state index in [1.54, 1.807) is 6.07 Å². The van der Waals surface area contributed by atoms with Crippen LogP contribution in [0.4, 0.5) is 0 Å². The van der Waals surface area contributed by atoms with Gasteiger partial charge in [0.2, 0.25) is 0 Å². The van der Waals surface area contributed by atoms with Gasteiger partial charge < -0.3 is 14.8 Å². The summed E-state index contributed by atoms with van der Waals surface area (Å²) in [7, 11) is -1.47. The Labute approximate surface area is 113 Å². The summed E-state index contributed by atoms with van der Waals surface area (Å²) in [6, 6.07) is 13.5. The van der Waals surface area contributed by atoms with E-state index in [0.29, 0.717) is 17.8 Å². The highest BCUT2D eigenvalue weighted by Crippen LogP contribution is 2.19. The van der Waals surface area contributed by atoms with Crippen LogP contribution in [0.3, 0.4) is 0 Å². The third-order valence-corrected chi connectivity index (χ3v) is 3.08. The maximum atomic E-state index is 9.31. The van der Waals surface area contributed by atoms with Crippen molar-refractivity contribution >= 4 is 12.6 Å². The minimum atomic E-state index is -1.47. The molecule has 0 atom stereocenters. The maximum Gasteiger partial charge on any atom is 0.488 e. The summed E-state index contributed by atoms with van der Waals surface area (Å²) in [5.74, 6) is 0.678. The number of hydrogen-bond donors (Lipinski definition) is 2. The lowest BCUT2D eigenvalue weighted by Crippen LogP contribution is -2.32. The Morgan fingerprint density at radius 3 is 2.32 bits per heavy atom. The molecule has 2 N–H and O–H groups in total. The molecule has 0 aliphatic rings. The third-order valence-electron chi connectivity index (χ3n) is 3.08. The summed E-state index contributed by atoms with van der Waals surface area (Å²) in [5, 5.41) is 18.6. The molecule has 0 aromatic heterocycles. The third kappa shape index (κ3) is 3.37. The van der Waals surface area contributed by atoms with E-state index in [4.69, 9.17) is 4.74 Å². The largest absolute Gasteiger partial charge is 0.489 e. The molecule has 0 spiro atoms. The summed E-state index contributed by atoms with van der Waals surface area (Å²) in [4.78, 5) is 0. The van der Waals surface area contributed by atoms with Crippen LogP contribution in [0.1, 0.15) is 16.7 Å². The van der Waals surface area contributed by atoms with Crippen molar-refractivity contribution in [2.45, 2.75) is 20.5 Å². The zero-order valence-electron chi connectivity index (χ0n) is 11.1. The lowest BCUT2D eigenvalue weighted by Gasteiger charge is -2.13. The molecule has 3 nitrogen and oxygen atoms in total. The molecule has 2 aromatic carbocycles. The topological polar surface area (TPSA) is 49.7 Å². The van der Waals surface area contributed by atoms with Crippen molar-refractivity contribution in [1.82, 2.24) is 0 Å². The van der Waals surface area contributed by atoms with Crippen molar-refractivity contribution in [1.29, 1.82) is 0 Å². The molecular weight excluding hydrogens is 239 g/mol. The van der Waals surface area contributed by atoms with Crippen LogP contribution in [0.25, 0.3) is 0 Å². The van der Waals surface area contributed by atoms with Crippen LogP contribution < -0.4 is 10.2 Å². The smallest absolute Gasteiger partial charge is 0.488 e. The number of aryl methyl sites for hydroxylation is 2. The first-order chi connectivity index (χ1) is 9.08. The van der Waals surface area contributed by atoms with Gasteiger partial charge in [-0.25, -0.2) is 0 Å². The van der Waals surface area contributed by atoms with Gasteiger partial charge in [-0.1, -0.05) is 42.0 Å². The maximum absolute atomic E-state index is 9.31. The minimum absolute atomic E-state index is 0.464.